The van der Waals surface area contributed by atoms with Crippen molar-refractivity contribution >= 4 is 0 Å². The van der Waals surface area contributed by atoms with E-state index in [0.717, 1.165) is 34.4 Å². The van der Waals surface area contributed by atoms with Crippen molar-refractivity contribution in [2.75, 3.05) is 0 Å². The highest BCUT2D eigenvalue weighted by Crippen LogP contribution is 2.26. The van der Waals surface area contributed by atoms with Gasteiger partial charge in [0.15, 0.2) is 0 Å². The fourth-order valence-electron chi connectivity index (χ4n) is 2.40. The standard InChI is InChI=1S/C18H22FNO/c1-12-5-4-6-15(10-14(3)20)18(12)21-11-16-7-8-17(19)9-13(16)2/h4-9,14H,10-11,20H2,1-3H3. The van der Waals surface area contributed by atoms with Crippen molar-refractivity contribution in [1.82, 2.24) is 0 Å². The summed E-state index contributed by atoms with van der Waals surface area (Å²) in [5, 5.41) is 0. The maximum absolute atomic E-state index is 13.1. The van der Waals surface area contributed by atoms with Crippen LogP contribution in [0, 0.1) is 19.7 Å². The van der Waals surface area contributed by atoms with Crippen LogP contribution < -0.4 is 10.5 Å². The molecule has 2 nitrogen and oxygen atoms in total. The van der Waals surface area contributed by atoms with E-state index in [-0.39, 0.29) is 11.9 Å². The van der Waals surface area contributed by atoms with E-state index < -0.39 is 0 Å². The molecule has 112 valence electrons. The van der Waals surface area contributed by atoms with Crippen molar-refractivity contribution in [2.45, 2.75) is 39.8 Å². The lowest BCUT2D eigenvalue weighted by Gasteiger charge is -2.16. The Labute approximate surface area is 125 Å². The molecule has 0 aromatic heterocycles. The van der Waals surface area contributed by atoms with Crippen LogP contribution in [-0.2, 0) is 13.0 Å². The first-order chi connectivity index (χ1) is 9.97. The molecule has 0 aliphatic carbocycles. The summed E-state index contributed by atoms with van der Waals surface area (Å²) >= 11 is 0. The van der Waals surface area contributed by atoms with Gasteiger partial charge in [-0.1, -0.05) is 24.3 Å². The summed E-state index contributed by atoms with van der Waals surface area (Å²) in [5.41, 5.74) is 9.99. The lowest BCUT2D eigenvalue weighted by Crippen LogP contribution is -2.18. The fraction of sp³-hybridized carbons (Fsp3) is 0.333. The van der Waals surface area contributed by atoms with E-state index in [4.69, 9.17) is 10.5 Å². The van der Waals surface area contributed by atoms with Crippen molar-refractivity contribution in [3.8, 4) is 5.75 Å². The Morgan fingerprint density at radius 1 is 1.10 bits per heavy atom. The second-order valence-corrected chi connectivity index (χ2v) is 5.60. The number of halogens is 1. The van der Waals surface area contributed by atoms with Gasteiger partial charge in [0.25, 0.3) is 0 Å². The van der Waals surface area contributed by atoms with Gasteiger partial charge in [-0.3, -0.25) is 0 Å². The van der Waals surface area contributed by atoms with E-state index in [1.807, 2.05) is 39.0 Å². The molecule has 2 rings (SSSR count). The SMILES string of the molecule is Cc1cc(F)ccc1COc1c(C)cccc1CC(C)N. The summed E-state index contributed by atoms with van der Waals surface area (Å²) in [5.74, 6) is 0.670. The molecule has 0 radical (unpaired) electrons. The fourth-order valence-corrected chi connectivity index (χ4v) is 2.40. The second kappa shape index (κ2) is 6.72. The van der Waals surface area contributed by atoms with Crippen LogP contribution in [0.1, 0.15) is 29.2 Å². The minimum Gasteiger partial charge on any atom is -0.488 e. The van der Waals surface area contributed by atoms with Crippen molar-refractivity contribution in [3.05, 3.63) is 64.5 Å². The molecular weight excluding hydrogens is 265 g/mol. The van der Waals surface area contributed by atoms with Crippen molar-refractivity contribution in [1.29, 1.82) is 0 Å². The lowest BCUT2D eigenvalue weighted by molar-refractivity contribution is 0.299. The zero-order valence-corrected chi connectivity index (χ0v) is 12.8. The Morgan fingerprint density at radius 2 is 1.86 bits per heavy atom. The van der Waals surface area contributed by atoms with E-state index in [2.05, 4.69) is 0 Å². The summed E-state index contributed by atoms with van der Waals surface area (Å²) < 4.78 is 19.1. The van der Waals surface area contributed by atoms with Gasteiger partial charge in [-0.05, 0) is 61.6 Å². The summed E-state index contributed by atoms with van der Waals surface area (Å²) in [7, 11) is 0. The number of aryl methyl sites for hydroxylation is 2. The molecule has 3 heteroatoms. The van der Waals surface area contributed by atoms with Crippen molar-refractivity contribution in [2.24, 2.45) is 5.73 Å². The molecule has 21 heavy (non-hydrogen) atoms. The van der Waals surface area contributed by atoms with Gasteiger partial charge < -0.3 is 10.5 Å². The van der Waals surface area contributed by atoms with Crippen LogP contribution in [0.2, 0.25) is 0 Å². The number of nitrogens with two attached hydrogens (primary N) is 1. The second-order valence-electron chi connectivity index (χ2n) is 5.60. The van der Waals surface area contributed by atoms with Gasteiger partial charge in [-0.2, -0.15) is 0 Å². The Balaban J connectivity index is 2.19. The maximum Gasteiger partial charge on any atom is 0.125 e. The monoisotopic (exact) mass is 287 g/mol. The van der Waals surface area contributed by atoms with Crippen molar-refractivity contribution < 1.29 is 9.13 Å². The lowest BCUT2D eigenvalue weighted by atomic mass is 10.0. The molecule has 0 bridgehead atoms. The number of ether oxygens (including phenoxy) is 1. The van der Waals surface area contributed by atoms with Gasteiger partial charge in [-0.15, -0.1) is 0 Å². The Morgan fingerprint density at radius 3 is 2.52 bits per heavy atom. The molecule has 0 saturated carbocycles. The molecule has 2 aromatic carbocycles. The molecule has 0 fully saturated rings. The van der Waals surface area contributed by atoms with Crippen LogP contribution in [0.3, 0.4) is 0 Å². The third-order valence-electron chi connectivity index (χ3n) is 3.51. The summed E-state index contributed by atoms with van der Waals surface area (Å²) in [6.07, 6.45) is 0.777. The van der Waals surface area contributed by atoms with Gasteiger partial charge in [-0.25, -0.2) is 4.39 Å². The summed E-state index contributed by atoms with van der Waals surface area (Å²) in [4.78, 5) is 0. The first kappa shape index (κ1) is 15.5. The molecule has 0 aliphatic rings. The van der Waals surface area contributed by atoms with Crippen LogP contribution in [0.5, 0.6) is 5.75 Å². The first-order valence-corrected chi connectivity index (χ1v) is 7.19. The normalized spacial score (nSPS) is 12.2. The van der Waals surface area contributed by atoms with Crippen LogP contribution in [0.4, 0.5) is 4.39 Å². The largest absolute Gasteiger partial charge is 0.488 e. The zero-order valence-electron chi connectivity index (χ0n) is 12.8. The molecule has 0 amide bonds. The van der Waals surface area contributed by atoms with E-state index in [1.54, 1.807) is 6.07 Å². The number of rotatable bonds is 5. The molecule has 2 N–H and O–H groups in total. The van der Waals surface area contributed by atoms with E-state index in [1.165, 1.54) is 12.1 Å². The highest BCUT2D eigenvalue weighted by molar-refractivity contribution is 5.41. The van der Waals surface area contributed by atoms with Gasteiger partial charge >= 0.3 is 0 Å². The average molecular weight is 287 g/mol. The zero-order chi connectivity index (χ0) is 15.4. The van der Waals surface area contributed by atoms with Crippen LogP contribution in [0.15, 0.2) is 36.4 Å². The van der Waals surface area contributed by atoms with E-state index in [0.29, 0.717) is 6.61 Å². The highest BCUT2D eigenvalue weighted by Gasteiger charge is 2.10. The Hall–Kier alpha value is -1.87. The predicted molar refractivity (Wildman–Crippen MR) is 84.0 cm³/mol. The van der Waals surface area contributed by atoms with Gasteiger partial charge in [0.05, 0.1) is 0 Å². The molecule has 1 atom stereocenters. The first-order valence-electron chi connectivity index (χ1n) is 7.19. The van der Waals surface area contributed by atoms with Crippen molar-refractivity contribution in [3.63, 3.8) is 0 Å². The topological polar surface area (TPSA) is 35.2 Å². The predicted octanol–water partition coefficient (Wildman–Crippen LogP) is 3.91. The van der Waals surface area contributed by atoms with Crippen LogP contribution in [-0.4, -0.2) is 6.04 Å². The van der Waals surface area contributed by atoms with Crippen LogP contribution >= 0.6 is 0 Å². The number of benzene rings is 2. The Bertz CT molecular complexity index is 623. The van der Waals surface area contributed by atoms with E-state index >= 15 is 0 Å². The Kier molecular flexibility index (Phi) is 4.97. The number of hydrogen-bond acceptors (Lipinski definition) is 2. The molecular formula is C18H22FNO. The minimum absolute atomic E-state index is 0.0849. The van der Waals surface area contributed by atoms with E-state index in [9.17, 15) is 4.39 Å². The number of para-hydroxylation sites is 1. The molecule has 0 saturated heterocycles. The minimum atomic E-state index is -0.218. The van der Waals surface area contributed by atoms with Gasteiger partial charge in [0.2, 0.25) is 0 Å². The summed E-state index contributed by atoms with van der Waals surface area (Å²) in [6.45, 7) is 6.33. The quantitative estimate of drug-likeness (QED) is 0.905. The highest BCUT2D eigenvalue weighted by atomic mass is 19.1. The van der Waals surface area contributed by atoms with Gasteiger partial charge in [0.1, 0.15) is 18.2 Å². The third-order valence-corrected chi connectivity index (χ3v) is 3.51. The molecule has 1 unspecified atom stereocenters. The molecule has 0 aliphatic heterocycles. The smallest absolute Gasteiger partial charge is 0.125 e. The summed E-state index contributed by atoms with van der Waals surface area (Å²) in [6, 6.07) is 10.9. The molecule has 0 heterocycles. The van der Waals surface area contributed by atoms with Gasteiger partial charge in [0, 0.05) is 6.04 Å². The molecule has 0 spiro atoms. The molecule has 2 aromatic rings. The van der Waals surface area contributed by atoms with Crippen LogP contribution in [0.25, 0.3) is 0 Å². The maximum atomic E-state index is 13.1. The third kappa shape index (κ3) is 4.05. The number of hydrogen-bond donors (Lipinski definition) is 1. The average Bonchev–Trinajstić information content (AvgIpc) is 2.39.